The van der Waals surface area contributed by atoms with Crippen molar-refractivity contribution in [2.75, 3.05) is 59.3 Å². The smallest absolute Gasteiger partial charge is 0.196 e. The van der Waals surface area contributed by atoms with E-state index in [9.17, 15) is 0 Å². The topological polar surface area (TPSA) is 34.2 Å². The average Bonchev–Trinajstić information content (AvgIpc) is 1.46. The maximum atomic E-state index is 2.47. The van der Waals surface area contributed by atoms with Crippen molar-refractivity contribution in [1.29, 1.82) is 0 Å². The van der Waals surface area contributed by atoms with Gasteiger partial charge in [0.25, 0.3) is 0 Å². The first-order valence-corrected chi connectivity index (χ1v) is 41.5. The predicted octanol–water partition coefficient (Wildman–Crippen LogP) is 28.4. The summed E-state index contributed by atoms with van der Waals surface area (Å²) in [4.78, 5) is 14.0. The van der Waals surface area contributed by atoms with Gasteiger partial charge in [0.2, 0.25) is 0 Å². The highest BCUT2D eigenvalue weighted by atomic mass is 15.6. The number of pyridine rings is 1. The Morgan fingerprint density at radius 3 is 1.25 bits per heavy atom. The Morgan fingerprint density at radius 2 is 0.750 bits per heavy atom. The summed E-state index contributed by atoms with van der Waals surface area (Å²) in [5, 5.41) is 8.31. The van der Waals surface area contributed by atoms with Crippen molar-refractivity contribution >= 4 is 67.0 Å². The van der Waals surface area contributed by atoms with Gasteiger partial charge in [-0.2, -0.15) is 0 Å². The number of hydrogen-bond acceptors (Lipinski definition) is 8. The Balaban J connectivity index is 0. The monoisotopic (exact) mass is 1470 g/mol. The number of anilines is 6. The molecule has 0 spiro atoms. The minimum absolute atomic E-state index is 0.350. The molecule has 5 aliphatic rings. The normalized spacial score (nSPS) is 14.0. The minimum atomic E-state index is 0.350. The van der Waals surface area contributed by atoms with Crippen molar-refractivity contribution < 1.29 is 4.68 Å². The van der Waals surface area contributed by atoms with Gasteiger partial charge in [-0.15, -0.1) is 9.20 Å². The summed E-state index contributed by atoms with van der Waals surface area (Å²) in [5.74, 6) is 0. The summed E-state index contributed by atoms with van der Waals surface area (Å²) in [6, 6.07) is 66.7. The summed E-state index contributed by atoms with van der Waals surface area (Å²) in [6.45, 7) is 66.5. The van der Waals surface area contributed by atoms with Crippen molar-refractivity contribution in [2.45, 2.75) is 240 Å². The molecule has 7 heterocycles. The molecular formula is C98H153N10+. The molecule has 8 aromatic carbocycles. The van der Waals surface area contributed by atoms with E-state index in [0.29, 0.717) is 18.5 Å². The van der Waals surface area contributed by atoms with Crippen molar-refractivity contribution in [2.24, 2.45) is 7.05 Å². The second kappa shape index (κ2) is 56.1. The third kappa shape index (κ3) is 24.9. The lowest BCUT2D eigenvalue weighted by molar-refractivity contribution is -0.735. The van der Waals surface area contributed by atoms with E-state index >= 15 is 0 Å². The average molecular weight is 1470 g/mol. The molecule has 0 amide bonds. The minimum Gasteiger partial charge on any atom is -0.359 e. The van der Waals surface area contributed by atoms with Crippen molar-refractivity contribution in [1.82, 2.24) is 19.3 Å². The third-order valence-electron chi connectivity index (χ3n) is 17.5. The molecule has 0 bridgehead atoms. The molecule has 10 nitrogen and oxygen atoms in total. The number of hydrazine groups is 1. The first kappa shape index (κ1) is 101. The van der Waals surface area contributed by atoms with Crippen LogP contribution in [0.3, 0.4) is 0 Å². The van der Waals surface area contributed by atoms with E-state index in [1.165, 1.54) is 112 Å². The lowest BCUT2D eigenvalue weighted by atomic mass is 9.90. The van der Waals surface area contributed by atoms with Gasteiger partial charge < -0.3 is 29.4 Å². The van der Waals surface area contributed by atoms with E-state index < -0.39 is 0 Å². The lowest BCUT2D eigenvalue weighted by Crippen LogP contribution is -2.36. The number of aromatic nitrogens is 2. The molecule has 15 rings (SSSR count). The van der Waals surface area contributed by atoms with Crippen LogP contribution in [-0.2, 0) is 7.05 Å². The highest BCUT2D eigenvalue weighted by Crippen LogP contribution is 2.49. The largest absolute Gasteiger partial charge is 0.359 e. The zero-order valence-electron chi connectivity index (χ0n) is 75.3. The number of likely N-dealkylation sites (N-methyl/N-ethyl adjacent to an activating group) is 1. The van der Waals surface area contributed by atoms with Crippen LogP contribution in [-0.4, -0.2) is 72.6 Å². The third-order valence-corrected chi connectivity index (χ3v) is 17.5. The molecule has 5 aliphatic heterocycles. The van der Waals surface area contributed by atoms with Crippen molar-refractivity contribution in [3.63, 3.8) is 0 Å². The molecule has 0 unspecified atom stereocenters. The van der Waals surface area contributed by atoms with Gasteiger partial charge >= 0.3 is 0 Å². The van der Waals surface area contributed by atoms with Gasteiger partial charge in [-0.1, -0.05) is 324 Å². The van der Waals surface area contributed by atoms with E-state index in [2.05, 4.69) is 364 Å². The highest BCUT2D eigenvalue weighted by molar-refractivity contribution is 6.12. The fraction of sp³-hybridized carbons (Fsp3) is 0.418. The molecule has 10 aromatic rings. The Labute approximate surface area is 663 Å². The summed E-state index contributed by atoms with van der Waals surface area (Å²) in [5.41, 5.74) is 22.3. The molecule has 0 saturated heterocycles. The number of aryl methyl sites for hydroxylation is 6. The van der Waals surface area contributed by atoms with Gasteiger partial charge in [-0.3, -0.25) is 5.01 Å². The molecule has 108 heavy (non-hydrogen) atoms. The first-order valence-electron chi connectivity index (χ1n) is 41.5. The van der Waals surface area contributed by atoms with Crippen molar-refractivity contribution in [3.8, 4) is 11.1 Å². The van der Waals surface area contributed by atoms with Crippen LogP contribution in [0.15, 0.2) is 225 Å². The quantitative estimate of drug-likeness (QED) is 0.128. The van der Waals surface area contributed by atoms with Gasteiger partial charge in [0, 0.05) is 98.9 Å². The second-order valence-electron chi connectivity index (χ2n) is 22.8. The number of nitrogens with zero attached hydrogens (tertiary/aromatic N) is 10. The number of fused-ring (bicyclic) bond motifs is 13. The molecule has 3 atom stereocenters. The van der Waals surface area contributed by atoms with Gasteiger partial charge in [0.1, 0.15) is 29.5 Å². The molecule has 0 aliphatic carbocycles. The van der Waals surface area contributed by atoms with Crippen LogP contribution in [0.2, 0.25) is 0 Å². The van der Waals surface area contributed by atoms with Crippen LogP contribution < -0.4 is 29.3 Å². The van der Waals surface area contributed by atoms with Gasteiger partial charge in [0.15, 0.2) is 13.2 Å². The van der Waals surface area contributed by atoms with Crippen LogP contribution in [0.25, 0.3) is 44.0 Å². The Morgan fingerprint density at radius 1 is 0.333 bits per heavy atom. The fourth-order valence-corrected chi connectivity index (χ4v) is 12.5. The molecule has 594 valence electrons. The van der Waals surface area contributed by atoms with Gasteiger partial charge in [-0.25, -0.2) is 5.01 Å². The van der Waals surface area contributed by atoms with Crippen LogP contribution in [0.1, 0.15) is 220 Å². The fourth-order valence-electron chi connectivity index (χ4n) is 12.5. The molecule has 10 heteroatoms. The van der Waals surface area contributed by atoms with E-state index in [1.54, 1.807) is 0 Å². The van der Waals surface area contributed by atoms with Crippen LogP contribution >= 0.6 is 0 Å². The number of benzene rings is 8. The standard InChI is InChI=1S/C18H18N2.C17H15N2.C16H18N2.C12H16N2.C11H14N2.12C2H6/c1-12-7-6-10-16-14-8-4-5-9-15(14)17-11-19(3)13(2)20(17)18(12)16;1-12-6-5-9-15-13-7-3-4-8-14(13)16-10-11-18(2)19(16)17(12)15;1-12-8-4-5-9-14(12)18-13(2)17(3)15-10-6-7-11-16(15)18;1-10-6-4-5-7-12(10)14-9-8-13(3)11(14)2;1-10-6-3-4-7-11(10)13-9-5-8-12(13)2;12*1-2/h4-11,13H,1-3H3;3-11H,1-2H3;4-11,13H,1-3H3;4-9,11H,1-3H3;3-7,9H,8H2,1-2H3;12*1-2H3/q;+1;;;;;;;;;;;;;;;/t13-;;13-;11-;;;;;;;;;;;;;/m0.00............./s1. The summed E-state index contributed by atoms with van der Waals surface area (Å²) in [7, 11) is 10.6. The Bertz CT molecular complexity index is 4120. The number of hydrogen-bond donors (Lipinski definition) is 0. The second-order valence-corrected chi connectivity index (χ2v) is 22.8. The Kier molecular flexibility index (Phi) is 52.3. The molecule has 0 N–H and O–H groups in total. The van der Waals surface area contributed by atoms with Crippen LogP contribution in [0, 0.1) is 34.6 Å². The number of rotatable bonds is 3. The lowest BCUT2D eigenvalue weighted by Gasteiger charge is -2.36. The predicted molar refractivity (Wildman–Crippen MR) is 492 cm³/mol. The van der Waals surface area contributed by atoms with E-state index in [1.807, 2.05) is 166 Å². The van der Waals surface area contributed by atoms with E-state index in [4.69, 9.17) is 0 Å². The Hall–Kier alpha value is -9.25. The van der Waals surface area contributed by atoms with Gasteiger partial charge in [-0.05, 0) is 124 Å². The molecule has 0 radical (unpaired) electrons. The summed E-state index contributed by atoms with van der Waals surface area (Å²) >= 11 is 0. The zero-order valence-corrected chi connectivity index (χ0v) is 75.3. The summed E-state index contributed by atoms with van der Waals surface area (Å²) in [6.07, 6.45) is 14.0. The van der Waals surface area contributed by atoms with Crippen LogP contribution in [0.5, 0.6) is 0 Å². The van der Waals surface area contributed by atoms with Gasteiger partial charge in [0.05, 0.1) is 28.4 Å². The molecule has 0 saturated carbocycles. The van der Waals surface area contributed by atoms with E-state index in [0.717, 1.165) is 6.54 Å². The highest BCUT2D eigenvalue weighted by Gasteiger charge is 2.36. The van der Waals surface area contributed by atoms with E-state index in [-0.39, 0.29) is 0 Å². The van der Waals surface area contributed by atoms with Crippen molar-refractivity contribution in [3.05, 3.63) is 259 Å². The maximum Gasteiger partial charge on any atom is 0.196 e. The summed E-state index contributed by atoms with van der Waals surface area (Å²) < 4.78 is 4.45. The number of para-hydroxylation sites is 7. The first-order chi connectivity index (χ1) is 52.6. The molecule has 2 aromatic heterocycles. The SMILES string of the molecule is CC.CC.CC.CC.CC.CC.CC.CC.CC.CC.CC.CC.Cc1cccc2c1N1C(=CN(C)[C@@H]1C)c1ccccc1-2.Cc1cccc2c3ccccc3c3cc[n+](C)n3c12.Cc1ccccc1N1C=CCN1C.Cc1ccccc1N1C=CN(C)[C@@H]1C.Cc1ccccc1N1c2ccccc2N(C)[C@@H]1C. The maximum absolute atomic E-state index is 2.47. The zero-order chi connectivity index (χ0) is 82.9. The molecule has 0 fully saturated rings. The van der Waals surface area contributed by atoms with Crippen LogP contribution in [0.4, 0.5) is 34.1 Å². The molecular weight excluding hydrogens is 1320 g/mol.